The molecule has 0 aliphatic carbocycles. The van der Waals surface area contributed by atoms with Crippen molar-refractivity contribution in [1.29, 1.82) is 0 Å². The highest BCUT2D eigenvalue weighted by Crippen LogP contribution is 2.29. The van der Waals surface area contributed by atoms with Gasteiger partial charge in [0.1, 0.15) is 18.7 Å². The molecule has 0 saturated carbocycles. The first kappa shape index (κ1) is 18.1. The number of amides is 2. The second-order valence-electron chi connectivity index (χ2n) is 7.85. The van der Waals surface area contributed by atoms with E-state index in [2.05, 4.69) is 5.32 Å². The van der Waals surface area contributed by atoms with Crippen LogP contribution in [0.2, 0.25) is 0 Å². The summed E-state index contributed by atoms with van der Waals surface area (Å²) < 4.78 is 5.46. The van der Waals surface area contributed by atoms with E-state index in [0.717, 1.165) is 0 Å². The molecule has 0 aromatic carbocycles. The van der Waals surface area contributed by atoms with Gasteiger partial charge in [-0.05, 0) is 29.7 Å². The van der Waals surface area contributed by atoms with Crippen LogP contribution in [0, 0.1) is 5.41 Å². The maximum Gasteiger partial charge on any atom is 0.261 e. The van der Waals surface area contributed by atoms with Crippen molar-refractivity contribution in [3.8, 4) is 0 Å². The fourth-order valence-electron chi connectivity index (χ4n) is 3.49. The largest absolute Gasteiger partial charge is 0.368 e. The summed E-state index contributed by atoms with van der Waals surface area (Å²) in [6.45, 7) is 6.66. The number of Topliss-reactive ketones (excluding diaryl/α,β-unsaturated/α-hetero) is 1. The smallest absolute Gasteiger partial charge is 0.261 e. The molecule has 3 unspecified atom stereocenters. The van der Waals surface area contributed by atoms with Crippen molar-refractivity contribution in [1.82, 2.24) is 10.2 Å². The van der Waals surface area contributed by atoms with E-state index in [9.17, 15) is 14.4 Å². The van der Waals surface area contributed by atoms with Gasteiger partial charge in [0, 0.05) is 6.54 Å². The van der Waals surface area contributed by atoms with Crippen molar-refractivity contribution < 1.29 is 19.1 Å². The predicted molar refractivity (Wildman–Crippen MR) is 94.5 cm³/mol. The first-order valence-electron chi connectivity index (χ1n) is 8.55. The van der Waals surface area contributed by atoms with Gasteiger partial charge in [-0.2, -0.15) is 0 Å². The lowest BCUT2D eigenvalue weighted by Gasteiger charge is -2.31. The summed E-state index contributed by atoms with van der Waals surface area (Å²) in [4.78, 5) is 39.8. The number of ketones is 1. The van der Waals surface area contributed by atoms with E-state index in [-0.39, 0.29) is 35.7 Å². The van der Waals surface area contributed by atoms with E-state index in [1.54, 1.807) is 17.0 Å². The SMILES string of the molecule is CC(C)(C)CC(NC(=O)c1cccs1)C(=O)N1CCC2OCC(=O)C21. The number of nitrogens with one attached hydrogen (secondary N) is 1. The maximum atomic E-state index is 13.1. The molecule has 3 rings (SSSR count). The zero-order valence-corrected chi connectivity index (χ0v) is 15.6. The van der Waals surface area contributed by atoms with E-state index < -0.39 is 12.1 Å². The van der Waals surface area contributed by atoms with Crippen LogP contribution in [0.4, 0.5) is 0 Å². The highest BCUT2D eigenvalue weighted by atomic mass is 32.1. The molecule has 1 aromatic rings. The van der Waals surface area contributed by atoms with Crippen molar-refractivity contribution in [3.63, 3.8) is 0 Å². The number of carbonyl (C=O) groups is 3. The second kappa shape index (κ2) is 6.88. The number of rotatable bonds is 4. The molecule has 2 aliphatic rings. The van der Waals surface area contributed by atoms with Gasteiger partial charge in [-0.15, -0.1) is 11.3 Å². The molecule has 2 saturated heterocycles. The number of nitrogens with zero attached hydrogens (tertiary/aromatic N) is 1. The Hall–Kier alpha value is -1.73. The fourth-order valence-corrected chi connectivity index (χ4v) is 4.12. The first-order chi connectivity index (χ1) is 11.8. The van der Waals surface area contributed by atoms with Crippen LogP contribution in [0.25, 0.3) is 0 Å². The Morgan fingerprint density at radius 2 is 2.20 bits per heavy atom. The first-order valence-corrected chi connectivity index (χ1v) is 9.43. The van der Waals surface area contributed by atoms with Gasteiger partial charge in [0.15, 0.2) is 5.78 Å². The molecule has 0 radical (unpaired) electrons. The molecule has 0 spiro atoms. The number of ether oxygens (including phenoxy) is 1. The van der Waals surface area contributed by atoms with Crippen LogP contribution in [0.1, 0.15) is 43.3 Å². The molecular weight excluding hydrogens is 340 g/mol. The van der Waals surface area contributed by atoms with Crippen LogP contribution in [0.5, 0.6) is 0 Å². The summed E-state index contributed by atoms with van der Waals surface area (Å²) >= 11 is 1.34. The van der Waals surface area contributed by atoms with Crippen molar-refractivity contribution in [2.45, 2.75) is 51.8 Å². The average molecular weight is 364 g/mol. The molecule has 0 bridgehead atoms. The minimum absolute atomic E-state index is 0.0463. The monoisotopic (exact) mass is 364 g/mol. The van der Waals surface area contributed by atoms with E-state index in [4.69, 9.17) is 4.74 Å². The number of hydrogen-bond donors (Lipinski definition) is 1. The summed E-state index contributed by atoms with van der Waals surface area (Å²) in [6.07, 6.45) is 0.981. The fraction of sp³-hybridized carbons (Fsp3) is 0.611. The zero-order valence-electron chi connectivity index (χ0n) is 14.8. The highest BCUT2D eigenvalue weighted by Gasteiger charge is 2.48. The Morgan fingerprint density at radius 1 is 1.44 bits per heavy atom. The number of likely N-dealkylation sites (tertiary alicyclic amines) is 1. The number of thiophene rings is 1. The molecule has 1 N–H and O–H groups in total. The number of fused-ring (bicyclic) bond motifs is 1. The summed E-state index contributed by atoms with van der Waals surface area (Å²) in [7, 11) is 0. The standard InChI is InChI=1S/C18H24N2O4S/c1-18(2,3)9-11(19-16(22)14-5-4-8-25-14)17(23)20-7-6-13-15(20)12(21)10-24-13/h4-5,8,11,13,15H,6-7,9-10H2,1-3H3,(H,19,22). The Bertz CT molecular complexity index is 665. The van der Waals surface area contributed by atoms with Crippen LogP contribution in [-0.4, -0.2) is 53.8 Å². The number of carbonyl (C=O) groups excluding carboxylic acids is 3. The third-order valence-corrected chi connectivity index (χ3v) is 5.43. The Labute approximate surface area is 151 Å². The third-order valence-electron chi connectivity index (χ3n) is 4.56. The highest BCUT2D eigenvalue weighted by molar-refractivity contribution is 7.12. The van der Waals surface area contributed by atoms with Gasteiger partial charge in [0.25, 0.3) is 5.91 Å². The summed E-state index contributed by atoms with van der Waals surface area (Å²) in [5.74, 6) is -0.483. The van der Waals surface area contributed by atoms with Crippen LogP contribution < -0.4 is 5.32 Å². The summed E-state index contributed by atoms with van der Waals surface area (Å²) in [6, 6.07) is 2.40. The third kappa shape index (κ3) is 3.93. The average Bonchev–Trinajstić information content (AvgIpc) is 3.23. The summed E-state index contributed by atoms with van der Waals surface area (Å²) in [5, 5.41) is 4.70. The van der Waals surface area contributed by atoms with Gasteiger partial charge in [0.05, 0.1) is 11.0 Å². The molecule has 1 aromatic heterocycles. The van der Waals surface area contributed by atoms with Gasteiger partial charge in [-0.3, -0.25) is 14.4 Å². The molecule has 7 heteroatoms. The Kier molecular flexibility index (Phi) is 4.97. The van der Waals surface area contributed by atoms with Gasteiger partial charge in [-0.25, -0.2) is 0 Å². The van der Waals surface area contributed by atoms with E-state index in [1.807, 2.05) is 26.2 Å². The lowest BCUT2D eigenvalue weighted by Crippen LogP contribution is -2.53. The van der Waals surface area contributed by atoms with Crippen LogP contribution in [0.3, 0.4) is 0 Å². The van der Waals surface area contributed by atoms with Crippen LogP contribution >= 0.6 is 11.3 Å². The molecule has 25 heavy (non-hydrogen) atoms. The van der Waals surface area contributed by atoms with E-state index >= 15 is 0 Å². The lowest BCUT2D eigenvalue weighted by atomic mass is 9.87. The topological polar surface area (TPSA) is 75.7 Å². The molecule has 3 atom stereocenters. The normalized spacial score (nSPS) is 24.3. The minimum Gasteiger partial charge on any atom is -0.368 e. The molecular formula is C18H24N2O4S. The van der Waals surface area contributed by atoms with Crippen molar-refractivity contribution >= 4 is 28.9 Å². The second-order valence-corrected chi connectivity index (χ2v) is 8.80. The summed E-state index contributed by atoms with van der Waals surface area (Å²) in [5.41, 5.74) is -0.141. The van der Waals surface area contributed by atoms with Crippen molar-refractivity contribution in [3.05, 3.63) is 22.4 Å². The zero-order chi connectivity index (χ0) is 18.2. The van der Waals surface area contributed by atoms with E-state index in [0.29, 0.717) is 24.3 Å². The minimum atomic E-state index is -0.651. The molecule has 6 nitrogen and oxygen atoms in total. The van der Waals surface area contributed by atoms with Crippen LogP contribution in [0.15, 0.2) is 17.5 Å². The van der Waals surface area contributed by atoms with Crippen LogP contribution in [-0.2, 0) is 14.3 Å². The molecule has 3 heterocycles. The molecule has 136 valence electrons. The number of hydrogen-bond acceptors (Lipinski definition) is 5. The van der Waals surface area contributed by atoms with Crippen molar-refractivity contribution in [2.75, 3.05) is 13.2 Å². The van der Waals surface area contributed by atoms with Gasteiger partial charge >= 0.3 is 0 Å². The van der Waals surface area contributed by atoms with Gasteiger partial charge in [0.2, 0.25) is 5.91 Å². The maximum absolute atomic E-state index is 13.1. The van der Waals surface area contributed by atoms with Gasteiger partial charge in [-0.1, -0.05) is 26.8 Å². The predicted octanol–water partition coefficient (Wildman–Crippen LogP) is 1.85. The van der Waals surface area contributed by atoms with Gasteiger partial charge < -0.3 is 15.0 Å². The Morgan fingerprint density at radius 3 is 2.84 bits per heavy atom. The van der Waals surface area contributed by atoms with Crippen molar-refractivity contribution in [2.24, 2.45) is 5.41 Å². The lowest BCUT2D eigenvalue weighted by molar-refractivity contribution is -0.138. The van der Waals surface area contributed by atoms with E-state index in [1.165, 1.54) is 11.3 Å². The Balaban J connectivity index is 1.77. The molecule has 2 aliphatic heterocycles. The quantitative estimate of drug-likeness (QED) is 0.885. The molecule has 2 amide bonds. The molecule has 2 fully saturated rings.